The van der Waals surface area contributed by atoms with E-state index in [1.54, 1.807) is 23.2 Å². The lowest BCUT2D eigenvalue weighted by Gasteiger charge is -2.28. The van der Waals surface area contributed by atoms with Gasteiger partial charge in [-0.15, -0.1) is 0 Å². The second kappa shape index (κ2) is 7.75. The van der Waals surface area contributed by atoms with Crippen LogP contribution in [-0.4, -0.2) is 65.4 Å². The molecule has 0 spiro atoms. The molecule has 0 aliphatic carbocycles. The van der Waals surface area contributed by atoms with E-state index in [4.69, 9.17) is 4.74 Å². The van der Waals surface area contributed by atoms with Crippen molar-refractivity contribution < 1.29 is 13.9 Å². The molecule has 0 bridgehead atoms. The molecule has 9 heteroatoms. The fourth-order valence-electron chi connectivity index (χ4n) is 2.25. The Balaban J connectivity index is 1.76. The van der Waals surface area contributed by atoms with Gasteiger partial charge in [0, 0.05) is 26.3 Å². The largest absolute Gasteiger partial charge is 0.378 e. The topological polar surface area (TPSA) is 83.8 Å². The number of hydrogen-bond acceptors (Lipinski definition) is 7. The highest BCUT2D eigenvalue weighted by molar-refractivity contribution is 5.91. The normalized spacial score (nSPS) is 14.7. The zero-order chi connectivity index (χ0) is 17.6. The number of pyridine rings is 1. The molecule has 2 aromatic rings. The molecule has 25 heavy (non-hydrogen) atoms. The van der Waals surface area contributed by atoms with E-state index in [0.29, 0.717) is 32.0 Å². The number of aromatic nitrogens is 3. The van der Waals surface area contributed by atoms with E-state index >= 15 is 0 Å². The van der Waals surface area contributed by atoms with Crippen molar-refractivity contribution in [1.82, 2.24) is 20.0 Å². The third-order valence-electron chi connectivity index (χ3n) is 3.57. The van der Waals surface area contributed by atoms with Crippen LogP contribution < -0.4 is 4.90 Å². The van der Waals surface area contributed by atoms with Gasteiger partial charge < -0.3 is 9.64 Å². The Morgan fingerprint density at radius 2 is 2.16 bits per heavy atom. The van der Waals surface area contributed by atoms with E-state index in [-0.39, 0.29) is 11.6 Å². The SMILES string of the molecule is CN(N=Cc1ccccn1)C(=O)c1ncc(F)c(N2CCOCC2)n1. The lowest BCUT2D eigenvalue weighted by atomic mass is 10.4. The van der Waals surface area contributed by atoms with Crippen LogP contribution in [0.25, 0.3) is 0 Å². The van der Waals surface area contributed by atoms with Crippen LogP contribution >= 0.6 is 0 Å². The molecule has 0 unspecified atom stereocenters. The van der Waals surface area contributed by atoms with Gasteiger partial charge in [0.25, 0.3) is 0 Å². The Hall–Kier alpha value is -2.94. The van der Waals surface area contributed by atoms with Crippen molar-refractivity contribution in [2.75, 3.05) is 38.3 Å². The summed E-state index contributed by atoms with van der Waals surface area (Å²) in [6.45, 7) is 1.99. The van der Waals surface area contributed by atoms with Crippen molar-refractivity contribution in [1.29, 1.82) is 0 Å². The number of anilines is 1. The Kier molecular flexibility index (Phi) is 5.24. The minimum absolute atomic E-state index is 0.101. The number of hydrazone groups is 1. The zero-order valence-corrected chi connectivity index (χ0v) is 13.7. The second-order valence-corrected chi connectivity index (χ2v) is 5.29. The van der Waals surface area contributed by atoms with E-state index in [1.165, 1.54) is 13.3 Å². The first-order valence-corrected chi connectivity index (χ1v) is 7.73. The van der Waals surface area contributed by atoms with Crippen molar-refractivity contribution in [3.05, 3.63) is 47.9 Å². The van der Waals surface area contributed by atoms with Crippen LogP contribution in [0.3, 0.4) is 0 Å². The Labute approximate surface area is 144 Å². The molecule has 8 nitrogen and oxygen atoms in total. The van der Waals surface area contributed by atoms with Gasteiger partial charge in [-0.05, 0) is 12.1 Å². The highest BCUT2D eigenvalue weighted by atomic mass is 19.1. The molecule has 1 saturated heterocycles. The van der Waals surface area contributed by atoms with Gasteiger partial charge in [-0.25, -0.2) is 19.4 Å². The van der Waals surface area contributed by atoms with E-state index in [2.05, 4.69) is 20.1 Å². The minimum atomic E-state index is -0.571. The van der Waals surface area contributed by atoms with E-state index < -0.39 is 11.7 Å². The predicted octanol–water partition coefficient (Wildman–Crippen LogP) is 0.953. The van der Waals surface area contributed by atoms with Gasteiger partial charge in [0.15, 0.2) is 11.6 Å². The fraction of sp³-hybridized carbons (Fsp3) is 0.312. The summed E-state index contributed by atoms with van der Waals surface area (Å²) < 4.78 is 19.3. The molecule has 1 aliphatic heterocycles. The third kappa shape index (κ3) is 4.13. The second-order valence-electron chi connectivity index (χ2n) is 5.29. The van der Waals surface area contributed by atoms with Crippen molar-refractivity contribution in [2.24, 2.45) is 5.10 Å². The minimum Gasteiger partial charge on any atom is -0.378 e. The van der Waals surface area contributed by atoms with Crippen LogP contribution in [0.5, 0.6) is 0 Å². The quantitative estimate of drug-likeness (QED) is 0.607. The average Bonchev–Trinajstić information content (AvgIpc) is 2.67. The molecule has 0 radical (unpaired) electrons. The molecular formula is C16H17FN6O2. The molecule has 2 aromatic heterocycles. The van der Waals surface area contributed by atoms with E-state index in [1.807, 2.05) is 6.07 Å². The maximum atomic E-state index is 14.0. The highest BCUT2D eigenvalue weighted by Crippen LogP contribution is 2.17. The van der Waals surface area contributed by atoms with Gasteiger partial charge in [-0.3, -0.25) is 9.78 Å². The van der Waals surface area contributed by atoms with E-state index in [0.717, 1.165) is 11.2 Å². The Bertz CT molecular complexity index is 764. The molecule has 3 heterocycles. The van der Waals surface area contributed by atoms with Crippen LogP contribution in [0.4, 0.5) is 10.2 Å². The summed E-state index contributed by atoms with van der Waals surface area (Å²) in [6, 6.07) is 5.35. The standard InChI is InChI=1S/C16H17FN6O2/c1-22(20-10-12-4-2-3-5-18-12)16(24)14-19-11-13(17)15(21-14)23-6-8-25-9-7-23/h2-5,10-11H,6-9H2,1H3. The first kappa shape index (κ1) is 16.9. The first-order valence-electron chi connectivity index (χ1n) is 7.73. The number of nitrogens with zero attached hydrogens (tertiary/aromatic N) is 6. The zero-order valence-electron chi connectivity index (χ0n) is 13.7. The first-order chi connectivity index (χ1) is 12.1. The number of rotatable bonds is 4. The molecule has 3 rings (SSSR count). The number of ether oxygens (including phenoxy) is 1. The molecular weight excluding hydrogens is 327 g/mol. The smallest absolute Gasteiger partial charge is 0.311 e. The summed E-state index contributed by atoms with van der Waals surface area (Å²) in [4.78, 5) is 26.1. The summed E-state index contributed by atoms with van der Waals surface area (Å²) in [6.07, 6.45) is 4.08. The van der Waals surface area contributed by atoms with Gasteiger partial charge in [0.1, 0.15) is 0 Å². The monoisotopic (exact) mass is 344 g/mol. The molecule has 130 valence electrons. The number of halogens is 1. The number of carbonyl (C=O) groups excluding carboxylic acids is 1. The van der Waals surface area contributed by atoms with Crippen LogP contribution in [0.1, 0.15) is 16.3 Å². The summed E-state index contributed by atoms with van der Waals surface area (Å²) >= 11 is 0. The lowest BCUT2D eigenvalue weighted by Crippen LogP contribution is -2.38. The molecule has 0 saturated carbocycles. The van der Waals surface area contributed by atoms with E-state index in [9.17, 15) is 9.18 Å². The molecule has 1 aliphatic rings. The Morgan fingerprint density at radius 1 is 1.36 bits per heavy atom. The van der Waals surface area contributed by atoms with Crippen molar-refractivity contribution in [2.45, 2.75) is 0 Å². The summed E-state index contributed by atoms with van der Waals surface area (Å²) in [7, 11) is 1.48. The van der Waals surface area contributed by atoms with Crippen LogP contribution in [0, 0.1) is 5.82 Å². The third-order valence-corrected chi connectivity index (χ3v) is 3.57. The number of hydrogen-bond donors (Lipinski definition) is 0. The van der Waals surface area contributed by atoms with Crippen LogP contribution in [0.2, 0.25) is 0 Å². The van der Waals surface area contributed by atoms with Gasteiger partial charge in [-0.2, -0.15) is 5.10 Å². The van der Waals surface area contributed by atoms with Crippen molar-refractivity contribution in [3.8, 4) is 0 Å². The number of carbonyl (C=O) groups is 1. The maximum Gasteiger partial charge on any atom is 0.311 e. The van der Waals surface area contributed by atoms with Crippen molar-refractivity contribution in [3.63, 3.8) is 0 Å². The molecule has 0 aromatic carbocycles. The summed E-state index contributed by atoms with van der Waals surface area (Å²) in [5, 5.41) is 5.11. The molecule has 1 amide bonds. The molecule has 0 N–H and O–H groups in total. The number of amides is 1. The summed E-state index contributed by atoms with van der Waals surface area (Å²) in [5.41, 5.74) is 0.608. The van der Waals surface area contributed by atoms with Crippen LogP contribution in [-0.2, 0) is 4.74 Å². The van der Waals surface area contributed by atoms with Gasteiger partial charge in [0.05, 0.1) is 31.3 Å². The maximum absolute atomic E-state index is 14.0. The van der Waals surface area contributed by atoms with Gasteiger partial charge in [-0.1, -0.05) is 6.07 Å². The average molecular weight is 344 g/mol. The van der Waals surface area contributed by atoms with Crippen LogP contribution in [0.15, 0.2) is 35.7 Å². The fourth-order valence-corrected chi connectivity index (χ4v) is 2.25. The van der Waals surface area contributed by atoms with Gasteiger partial charge >= 0.3 is 5.91 Å². The molecule has 1 fully saturated rings. The predicted molar refractivity (Wildman–Crippen MR) is 88.9 cm³/mol. The number of morpholine rings is 1. The molecule has 0 atom stereocenters. The highest BCUT2D eigenvalue weighted by Gasteiger charge is 2.21. The van der Waals surface area contributed by atoms with Gasteiger partial charge in [0.2, 0.25) is 5.82 Å². The van der Waals surface area contributed by atoms with Crippen molar-refractivity contribution >= 4 is 17.9 Å². The summed E-state index contributed by atoms with van der Waals surface area (Å²) in [5.74, 6) is -1.13. The lowest BCUT2D eigenvalue weighted by molar-refractivity contribution is 0.0788. The Morgan fingerprint density at radius 3 is 2.88 bits per heavy atom.